The van der Waals surface area contributed by atoms with Crippen molar-refractivity contribution in [3.05, 3.63) is 35.1 Å². The fraction of sp³-hybridized carbons (Fsp3) is 0.600. The fourth-order valence-electron chi connectivity index (χ4n) is 1.80. The minimum atomic E-state index is -5.40. The van der Waals surface area contributed by atoms with Crippen LogP contribution < -0.4 is 0 Å². The molecule has 0 aromatic carbocycles. The van der Waals surface area contributed by atoms with Crippen LogP contribution in [0.25, 0.3) is 10.6 Å². The first-order chi connectivity index (χ1) is 17.1. The van der Waals surface area contributed by atoms with Crippen molar-refractivity contribution < 1.29 is 88.9 Å². The van der Waals surface area contributed by atoms with E-state index in [1.54, 1.807) is 6.20 Å². The van der Waals surface area contributed by atoms with Gasteiger partial charge in [-0.15, -0.1) is 25.7 Å². The van der Waals surface area contributed by atoms with E-state index >= 15 is 0 Å². The normalized spacial score (nSPS) is 14.9. The zero-order valence-corrected chi connectivity index (χ0v) is 20.6. The number of Topliss-reactive ketones (excluding diaryl/α,β-unsaturated/α-hetero) is 4. The van der Waals surface area contributed by atoms with E-state index in [1.807, 2.05) is 18.2 Å². The second-order valence-corrected chi connectivity index (χ2v) is 6.90. The molecule has 0 aromatic heterocycles. The number of carbonyl (C=O) groups excluding carboxylic acids is 4. The standard InChI is InChI=1S/2C5H2F6O2.C5H10N.C5H6N.Mn/c2*6-4(7,8)2(12)1-3(13)5(9,10)11;2*1-2-4-6-5-3-1;/h2*1H2;1-5H2;1-4H,5H2;/q;;2*-1;+2. The number of piperidine rings is 1. The molecule has 0 atom stereocenters. The molecule has 1 saturated heterocycles. The first-order valence-electron chi connectivity index (χ1n) is 10.1. The third-order valence-electron chi connectivity index (χ3n) is 3.69. The summed E-state index contributed by atoms with van der Waals surface area (Å²) in [6, 6.07) is 0. The van der Waals surface area contributed by atoms with Crippen molar-refractivity contribution in [2.45, 2.75) is 56.8 Å². The van der Waals surface area contributed by atoms with E-state index in [1.165, 1.54) is 19.3 Å². The number of halogens is 12. The van der Waals surface area contributed by atoms with Gasteiger partial charge in [0, 0.05) is 0 Å². The van der Waals surface area contributed by atoms with Crippen LogP contribution in [-0.4, -0.2) is 67.5 Å². The van der Waals surface area contributed by atoms with Crippen LogP contribution in [0.4, 0.5) is 52.7 Å². The van der Waals surface area contributed by atoms with Crippen LogP contribution >= 0.6 is 0 Å². The van der Waals surface area contributed by atoms with Crippen LogP contribution in [0.1, 0.15) is 32.1 Å². The fourth-order valence-corrected chi connectivity index (χ4v) is 1.80. The predicted octanol–water partition coefficient (Wildman–Crippen LogP) is 6.26. The van der Waals surface area contributed by atoms with Gasteiger partial charge in [0.05, 0.1) is 12.8 Å². The topological polar surface area (TPSA) is 96.5 Å². The molecule has 0 saturated carbocycles. The van der Waals surface area contributed by atoms with Gasteiger partial charge in [0.15, 0.2) is 0 Å². The van der Waals surface area contributed by atoms with Gasteiger partial charge in [0.1, 0.15) is 0 Å². The minimum absolute atomic E-state index is 0. The van der Waals surface area contributed by atoms with E-state index in [9.17, 15) is 71.9 Å². The average molecular weight is 635 g/mol. The third-order valence-corrected chi connectivity index (χ3v) is 3.69. The van der Waals surface area contributed by atoms with E-state index in [-0.39, 0.29) is 17.1 Å². The van der Waals surface area contributed by atoms with Crippen molar-refractivity contribution in [2.24, 2.45) is 0 Å². The molecule has 225 valence electrons. The third kappa shape index (κ3) is 23.2. The molecule has 2 aliphatic heterocycles. The summed E-state index contributed by atoms with van der Waals surface area (Å²) in [6.07, 6.45) is -14.2. The van der Waals surface area contributed by atoms with Gasteiger partial charge in [0.2, 0.25) is 23.1 Å². The van der Waals surface area contributed by atoms with Gasteiger partial charge in [0.25, 0.3) is 0 Å². The van der Waals surface area contributed by atoms with Gasteiger partial charge in [-0.05, 0) is 0 Å². The summed E-state index contributed by atoms with van der Waals surface area (Å²) in [5.74, 6) is -10.8. The van der Waals surface area contributed by atoms with Crippen molar-refractivity contribution >= 4 is 23.1 Å². The molecule has 1 fully saturated rings. The Hall–Kier alpha value is -2.40. The van der Waals surface area contributed by atoms with Crippen molar-refractivity contribution in [2.75, 3.05) is 19.6 Å². The van der Waals surface area contributed by atoms with Gasteiger partial charge in [-0.1, -0.05) is 31.4 Å². The number of carbonyl (C=O) groups is 4. The summed E-state index contributed by atoms with van der Waals surface area (Å²) in [5, 5.41) is 8.09. The Morgan fingerprint density at radius 1 is 0.564 bits per heavy atom. The molecule has 0 amide bonds. The molecule has 2 rings (SSSR count). The first-order valence-corrected chi connectivity index (χ1v) is 10.1. The van der Waals surface area contributed by atoms with Crippen LogP contribution in [0.3, 0.4) is 0 Å². The quantitative estimate of drug-likeness (QED) is 0.207. The number of ketones is 4. The molecule has 19 heteroatoms. The molecular formula is C20H20F12MnN2O4. The molecule has 1 radical (unpaired) electrons. The molecule has 0 N–H and O–H groups in total. The molecule has 0 aromatic rings. The first kappa shape index (κ1) is 41.1. The number of rotatable bonds is 4. The van der Waals surface area contributed by atoms with Crippen molar-refractivity contribution in [1.82, 2.24) is 0 Å². The Labute approximate surface area is 224 Å². The SMILES string of the molecule is C1=CC[N-]C=C1.C1CC[N-]CC1.O=C(CC(=O)C(F)(F)F)C(F)(F)F.O=C(CC(=O)C(F)(F)F)C(F)(F)F.[Mn+2]. The Morgan fingerprint density at radius 3 is 1.00 bits per heavy atom. The molecule has 2 heterocycles. The van der Waals surface area contributed by atoms with E-state index in [0.717, 1.165) is 19.6 Å². The van der Waals surface area contributed by atoms with Crippen molar-refractivity contribution in [1.29, 1.82) is 0 Å². The van der Waals surface area contributed by atoms with Crippen LogP contribution in [0.2, 0.25) is 0 Å². The largest absolute Gasteiger partial charge is 2.00 e. The van der Waals surface area contributed by atoms with Gasteiger partial charge in [-0.3, -0.25) is 19.2 Å². The van der Waals surface area contributed by atoms with Crippen molar-refractivity contribution in [3.8, 4) is 0 Å². The monoisotopic (exact) mass is 635 g/mol. The Balaban J connectivity index is -0.000000463. The van der Waals surface area contributed by atoms with Gasteiger partial charge >= 0.3 is 41.8 Å². The minimum Gasteiger partial charge on any atom is -0.687 e. The molecule has 6 nitrogen and oxygen atoms in total. The summed E-state index contributed by atoms with van der Waals surface area (Å²) in [5.41, 5.74) is 0. The zero-order valence-electron chi connectivity index (χ0n) is 19.4. The second-order valence-electron chi connectivity index (χ2n) is 6.90. The molecule has 0 aliphatic carbocycles. The molecule has 0 spiro atoms. The summed E-state index contributed by atoms with van der Waals surface area (Å²) in [6.45, 7) is 3.11. The van der Waals surface area contributed by atoms with Crippen LogP contribution in [0, 0.1) is 0 Å². The molecule has 2 aliphatic rings. The Kier molecular flexibility index (Phi) is 19.8. The predicted molar refractivity (Wildman–Crippen MR) is 107 cm³/mol. The second kappa shape index (κ2) is 18.8. The molecule has 39 heavy (non-hydrogen) atoms. The van der Waals surface area contributed by atoms with Crippen LogP contribution in [-0.2, 0) is 36.2 Å². The van der Waals surface area contributed by atoms with E-state index in [0.29, 0.717) is 0 Å². The summed E-state index contributed by atoms with van der Waals surface area (Å²) in [7, 11) is 0. The van der Waals surface area contributed by atoms with E-state index in [4.69, 9.17) is 0 Å². The number of nitrogens with zero attached hydrogens (tertiary/aromatic N) is 2. The van der Waals surface area contributed by atoms with Gasteiger partial charge < -0.3 is 10.6 Å². The Morgan fingerprint density at radius 2 is 0.897 bits per heavy atom. The smallest absolute Gasteiger partial charge is 0.687 e. The van der Waals surface area contributed by atoms with Gasteiger partial charge in [-0.2, -0.15) is 58.9 Å². The molecule has 0 bridgehead atoms. The number of hydrogen-bond donors (Lipinski definition) is 0. The van der Waals surface area contributed by atoms with E-state index in [2.05, 4.69) is 10.6 Å². The maximum atomic E-state index is 11.3. The van der Waals surface area contributed by atoms with Crippen LogP contribution in [0.5, 0.6) is 0 Å². The maximum Gasteiger partial charge on any atom is 2.00 e. The zero-order chi connectivity index (χ0) is 30.2. The molecular weight excluding hydrogens is 615 g/mol. The molecule has 0 unspecified atom stereocenters. The van der Waals surface area contributed by atoms with Crippen LogP contribution in [0.15, 0.2) is 24.4 Å². The maximum absolute atomic E-state index is 11.3. The summed E-state index contributed by atoms with van der Waals surface area (Å²) < 4.78 is 136. The summed E-state index contributed by atoms with van der Waals surface area (Å²) >= 11 is 0. The average Bonchev–Trinajstić information content (AvgIpc) is 2.80. The van der Waals surface area contributed by atoms with E-state index < -0.39 is 60.7 Å². The number of alkyl halides is 12. The number of allylic oxidation sites excluding steroid dienone is 2. The summed E-state index contributed by atoms with van der Waals surface area (Å²) in [4.78, 5) is 39.5. The van der Waals surface area contributed by atoms with Gasteiger partial charge in [-0.25, -0.2) is 0 Å². The Bertz CT molecular complexity index is 707. The van der Waals surface area contributed by atoms with Crippen molar-refractivity contribution in [3.63, 3.8) is 0 Å². The number of hydrogen-bond acceptors (Lipinski definition) is 4.